The minimum atomic E-state index is -0.386. The number of esters is 1. The van der Waals surface area contributed by atoms with Crippen LogP contribution < -0.4 is 9.47 Å². The van der Waals surface area contributed by atoms with Crippen molar-refractivity contribution in [1.82, 2.24) is 0 Å². The van der Waals surface area contributed by atoms with Crippen LogP contribution in [0, 0.1) is 0 Å². The first-order chi connectivity index (χ1) is 26.1. The molecule has 0 aromatic heterocycles. The smallest absolute Gasteiger partial charge is 0.343 e. The molecule has 0 aliphatic heterocycles. The standard InChI is InChI=1S/C49H74O4/c1-4-6-8-10-12-13-14-15-16-17-18-19-20-21-22-23-25-28-40-51-42(3)43-32-34-44(35-33-43)45-36-38-46(39-37-45)49(50)53-48-31-27-26-30-47(48)52-41-29-24-11-9-7-5-2/h26-27,30-39,42H,4-25,28-29,40-41H2,1-3H3. The van der Waals surface area contributed by atoms with E-state index in [1.807, 2.05) is 42.5 Å². The van der Waals surface area contributed by atoms with Gasteiger partial charge in [0.1, 0.15) is 0 Å². The Hall–Kier alpha value is -3.11. The minimum Gasteiger partial charge on any atom is -0.490 e. The van der Waals surface area contributed by atoms with Crippen molar-refractivity contribution in [2.45, 2.75) is 181 Å². The van der Waals surface area contributed by atoms with Crippen LogP contribution in [0.4, 0.5) is 0 Å². The highest BCUT2D eigenvalue weighted by Gasteiger charge is 2.13. The highest BCUT2D eigenvalue weighted by atomic mass is 16.6. The zero-order chi connectivity index (χ0) is 37.6. The molecule has 0 aliphatic rings. The minimum absolute atomic E-state index is 0.0737. The van der Waals surface area contributed by atoms with Gasteiger partial charge in [-0.3, -0.25) is 0 Å². The maximum atomic E-state index is 13.0. The van der Waals surface area contributed by atoms with Crippen molar-refractivity contribution in [1.29, 1.82) is 0 Å². The fourth-order valence-corrected chi connectivity index (χ4v) is 6.98. The summed E-state index contributed by atoms with van der Waals surface area (Å²) in [7, 11) is 0. The Bertz CT molecular complexity index is 1320. The molecule has 1 unspecified atom stereocenters. The molecule has 0 amide bonds. The lowest BCUT2D eigenvalue weighted by Gasteiger charge is -2.14. The fourth-order valence-electron chi connectivity index (χ4n) is 6.98. The second-order valence-corrected chi connectivity index (χ2v) is 15.2. The largest absolute Gasteiger partial charge is 0.490 e. The number of benzene rings is 3. The van der Waals surface area contributed by atoms with Crippen molar-refractivity contribution in [2.75, 3.05) is 13.2 Å². The van der Waals surface area contributed by atoms with Crippen molar-refractivity contribution in [3.63, 3.8) is 0 Å². The molecular weight excluding hydrogens is 653 g/mol. The molecule has 3 rings (SSSR count). The summed E-state index contributed by atoms with van der Waals surface area (Å²) in [4.78, 5) is 13.0. The zero-order valence-corrected chi connectivity index (χ0v) is 34.0. The predicted molar refractivity (Wildman–Crippen MR) is 225 cm³/mol. The van der Waals surface area contributed by atoms with Crippen LogP contribution in [0.5, 0.6) is 11.5 Å². The molecule has 0 saturated carbocycles. The third kappa shape index (κ3) is 19.7. The molecule has 4 nitrogen and oxygen atoms in total. The monoisotopic (exact) mass is 727 g/mol. The fraction of sp³-hybridized carbons (Fsp3) is 0.612. The number of para-hydroxylation sites is 2. The van der Waals surface area contributed by atoms with Crippen LogP contribution in [0.15, 0.2) is 72.8 Å². The molecule has 4 heteroatoms. The lowest BCUT2D eigenvalue weighted by molar-refractivity contribution is 0.0627. The predicted octanol–water partition coefficient (Wildman–Crippen LogP) is 15.4. The molecule has 1 atom stereocenters. The van der Waals surface area contributed by atoms with Gasteiger partial charge in [0.2, 0.25) is 0 Å². The van der Waals surface area contributed by atoms with Gasteiger partial charge >= 0.3 is 5.97 Å². The van der Waals surface area contributed by atoms with E-state index in [1.54, 1.807) is 6.07 Å². The van der Waals surface area contributed by atoms with E-state index < -0.39 is 0 Å². The molecular formula is C49H74O4. The van der Waals surface area contributed by atoms with Crippen molar-refractivity contribution >= 4 is 5.97 Å². The first-order valence-corrected chi connectivity index (χ1v) is 21.9. The van der Waals surface area contributed by atoms with Gasteiger partial charge in [-0.05, 0) is 60.7 Å². The molecule has 0 spiro atoms. The van der Waals surface area contributed by atoms with Crippen LogP contribution in [0.3, 0.4) is 0 Å². The molecule has 53 heavy (non-hydrogen) atoms. The Labute approximate surface area is 324 Å². The van der Waals surface area contributed by atoms with Gasteiger partial charge in [0.05, 0.1) is 18.3 Å². The maximum absolute atomic E-state index is 13.0. The van der Waals surface area contributed by atoms with E-state index in [-0.39, 0.29) is 12.1 Å². The lowest BCUT2D eigenvalue weighted by Crippen LogP contribution is -2.10. The van der Waals surface area contributed by atoms with E-state index >= 15 is 0 Å². The molecule has 0 bridgehead atoms. The first kappa shape index (κ1) is 44.3. The summed E-state index contributed by atoms with van der Waals surface area (Å²) in [5, 5.41) is 0. The summed E-state index contributed by atoms with van der Waals surface area (Å²) in [6, 6.07) is 23.6. The number of rotatable bonds is 32. The molecule has 0 heterocycles. The Morgan fingerprint density at radius 3 is 1.34 bits per heavy atom. The van der Waals surface area contributed by atoms with Gasteiger partial charge in [0.15, 0.2) is 11.5 Å². The Morgan fingerprint density at radius 2 is 0.868 bits per heavy atom. The van der Waals surface area contributed by atoms with Crippen LogP contribution >= 0.6 is 0 Å². The maximum Gasteiger partial charge on any atom is 0.343 e. The van der Waals surface area contributed by atoms with Crippen LogP contribution in [-0.2, 0) is 4.74 Å². The molecule has 0 saturated heterocycles. The molecule has 0 aliphatic carbocycles. The van der Waals surface area contributed by atoms with E-state index in [2.05, 4.69) is 45.0 Å². The topological polar surface area (TPSA) is 44.8 Å². The van der Waals surface area contributed by atoms with Gasteiger partial charge in [-0.25, -0.2) is 4.79 Å². The van der Waals surface area contributed by atoms with Gasteiger partial charge < -0.3 is 14.2 Å². The first-order valence-electron chi connectivity index (χ1n) is 21.9. The van der Waals surface area contributed by atoms with Crippen LogP contribution in [0.2, 0.25) is 0 Å². The molecule has 3 aromatic carbocycles. The van der Waals surface area contributed by atoms with Crippen LogP contribution in [0.1, 0.15) is 197 Å². The molecule has 3 aromatic rings. The second-order valence-electron chi connectivity index (χ2n) is 15.2. The van der Waals surface area contributed by atoms with E-state index in [0.29, 0.717) is 23.7 Å². The van der Waals surface area contributed by atoms with Crippen molar-refractivity contribution in [3.05, 3.63) is 83.9 Å². The number of ether oxygens (including phenoxy) is 3. The van der Waals surface area contributed by atoms with E-state index in [4.69, 9.17) is 14.2 Å². The Morgan fingerprint density at radius 1 is 0.472 bits per heavy atom. The number of hydrogen-bond acceptors (Lipinski definition) is 4. The number of carbonyl (C=O) groups is 1. The summed E-state index contributed by atoms with van der Waals surface area (Å²) < 4.78 is 17.9. The molecule has 294 valence electrons. The van der Waals surface area contributed by atoms with Gasteiger partial charge in [0, 0.05) is 6.61 Å². The average molecular weight is 727 g/mol. The molecule has 0 fully saturated rings. The zero-order valence-electron chi connectivity index (χ0n) is 34.0. The highest BCUT2D eigenvalue weighted by Crippen LogP contribution is 2.29. The lowest BCUT2D eigenvalue weighted by atomic mass is 10.0. The number of carbonyl (C=O) groups excluding carboxylic acids is 1. The van der Waals surface area contributed by atoms with Crippen LogP contribution in [-0.4, -0.2) is 19.2 Å². The van der Waals surface area contributed by atoms with Gasteiger partial charge in [-0.15, -0.1) is 0 Å². The normalized spacial score (nSPS) is 11.8. The third-order valence-electron chi connectivity index (χ3n) is 10.5. The SMILES string of the molecule is CCCCCCCCCCCCCCCCCCCCOC(C)c1ccc(-c2ccc(C(=O)Oc3ccccc3OCCCCCCCC)cc2)cc1. The molecule has 0 N–H and O–H groups in total. The number of unbranched alkanes of at least 4 members (excludes halogenated alkanes) is 22. The quantitative estimate of drug-likeness (QED) is 0.0365. The van der Waals surface area contributed by atoms with Gasteiger partial charge in [-0.1, -0.05) is 204 Å². The summed E-state index contributed by atoms with van der Waals surface area (Å²) >= 11 is 0. The third-order valence-corrected chi connectivity index (χ3v) is 10.5. The Balaban J connectivity index is 1.24. The van der Waals surface area contributed by atoms with E-state index in [1.165, 1.54) is 140 Å². The Kier molecular flexibility index (Phi) is 24.5. The van der Waals surface area contributed by atoms with Crippen LogP contribution in [0.25, 0.3) is 11.1 Å². The summed E-state index contributed by atoms with van der Waals surface area (Å²) in [5.74, 6) is 0.683. The summed E-state index contributed by atoms with van der Waals surface area (Å²) in [6.07, 6.45) is 32.3. The van der Waals surface area contributed by atoms with Gasteiger partial charge in [-0.2, -0.15) is 0 Å². The van der Waals surface area contributed by atoms with Crippen molar-refractivity contribution < 1.29 is 19.0 Å². The summed E-state index contributed by atoms with van der Waals surface area (Å²) in [6.45, 7) is 8.10. The van der Waals surface area contributed by atoms with E-state index in [0.717, 1.165) is 37.0 Å². The van der Waals surface area contributed by atoms with E-state index in [9.17, 15) is 4.79 Å². The van der Waals surface area contributed by atoms with Crippen molar-refractivity contribution in [3.8, 4) is 22.6 Å². The number of hydrogen-bond donors (Lipinski definition) is 0. The van der Waals surface area contributed by atoms with Crippen molar-refractivity contribution in [2.24, 2.45) is 0 Å². The molecule has 0 radical (unpaired) electrons. The average Bonchev–Trinajstić information content (AvgIpc) is 3.19. The second kappa shape index (κ2) is 29.3. The highest BCUT2D eigenvalue weighted by molar-refractivity contribution is 5.92. The van der Waals surface area contributed by atoms with Gasteiger partial charge in [0.25, 0.3) is 0 Å². The summed E-state index contributed by atoms with van der Waals surface area (Å²) in [5.41, 5.74) is 3.87.